The van der Waals surface area contributed by atoms with Crippen molar-refractivity contribution in [3.8, 4) is 0 Å². The van der Waals surface area contributed by atoms with Crippen LogP contribution >= 0.6 is 0 Å². The van der Waals surface area contributed by atoms with Gasteiger partial charge in [0.05, 0.1) is 13.5 Å². The molecule has 0 aliphatic heterocycles. The molecule has 0 saturated carbocycles. The van der Waals surface area contributed by atoms with Crippen LogP contribution in [0, 0.1) is 0 Å². The van der Waals surface area contributed by atoms with Gasteiger partial charge in [0.25, 0.3) is 0 Å². The lowest BCUT2D eigenvalue weighted by atomic mass is 10.0. The van der Waals surface area contributed by atoms with Crippen molar-refractivity contribution in [3.05, 3.63) is 41.5 Å². The van der Waals surface area contributed by atoms with Crippen LogP contribution in [-0.4, -0.2) is 25.5 Å². The Morgan fingerprint density at radius 2 is 2.05 bits per heavy atom. The quantitative estimate of drug-likeness (QED) is 0.629. The van der Waals surface area contributed by atoms with E-state index in [-0.39, 0.29) is 18.3 Å². The number of benzene rings is 1. The molecule has 102 valence electrons. The number of ether oxygens (including phenoxy) is 1. The molecule has 0 bridgehead atoms. The number of amides is 1. The highest BCUT2D eigenvalue weighted by Gasteiger charge is 2.05. The number of hydrogen-bond donors (Lipinski definition) is 1. The Kier molecular flexibility index (Phi) is 6.36. The van der Waals surface area contributed by atoms with Gasteiger partial charge < -0.3 is 10.1 Å². The standard InChI is InChI=1S/C15H19NO3/c1-12(17)16-10-6-5-8-13-7-3-4-9-14(13)11-15(18)19-2/h3-5,7-9H,6,10-11H2,1-2H3,(H,16,17). The summed E-state index contributed by atoms with van der Waals surface area (Å²) in [5, 5.41) is 2.72. The minimum absolute atomic E-state index is 0.0282. The molecule has 0 radical (unpaired) electrons. The number of methoxy groups -OCH3 is 1. The van der Waals surface area contributed by atoms with Gasteiger partial charge in [0.1, 0.15) is 0 Å². The fraction of sp³-hybridized carbons (Fsp3) is 0.333. The molecule has 1 N–H and O–H groups in total. The Bertz CT molecular complexity index is 466. The van der Waals surface area contributed by atoms with Crippen LogP contribution in [0.5, 0.6) is 0 Å². The van der Waals surface area contributed by atoms with Crippen LogP contribution in [0.4, 0.5) is 0 Å². The molecule has 0 saturated heterocycles. The fourth-order valence-electron chi connectivity index (χ4n) is 1.63. The minimum atomic E-state index is -0.251. The van der Waals surface area contributed by atoms with E-state index < -0.39 is 0 Å². The molecule has 4 heteroatoms. The van der Waals surface area contributed by atoms with Crippen LogP contribution in [-0.2, 0) is 20.7 Å². The van der Waals surface area contributed by atoms with Crippen LogP contribution in [0.3, 0.4) is 0 Å². The van der Waals surface area contributed by atoms with E-state index in [0.29, 0.717) is 6.54 Å². The summed E-state index contributed by atoms with van der Waals surface area (Å²) in [6.45, 7) is 2.11. The molecule has 0 aromatic heterocycles. The summed E-state index contributed by atoms with van der Waals surface area (Å²) in [7, 11) is 1.38. The van der Waals surface area contributed by atoms with Gasteiger partial charge in [-0.25, -0.2) is 0 Å². The van der Waals surface area contributed by atoms with Crippen LogP contribution < -0.4 is 5.32 Å². The van der Waals surface area contributed by atoms with E-state index in [1.54, 1.807) is 0 Å². The summed E-state index contributed by atoms with van der Waals surface area (Å²) in [4.78, 5) is 22.0. The van der Waals surface area contributed by atoms with E-state index in [9.17, 15) is 9.59 Å². The van der Waals surface area contributed by atoms with Crippen molar-refractivity contribution in [1.29, 1.82) is 0 Å². The molecule has 0 heterocycles. The molecule has 1 aromatic carbocycles. The van der Waals surface area contributed by atoms with Gasteiger partial charge in [-0.3, -0.25) is 9.59 Å². The minimum Gasteiger partial charge on any atom is -0.469 e. The molecule has 0 fully saturated rings. The number of nitrogens with one attached hydrogen (secondary N) is 1. The maximum Gasteiger partial charge on any atom is 0.309 e. The van der Waals surface area contributed by atoms with Gasteiger partial charge in [-0.1, -0.05) is 36.4 Å². The Balaban J connectivity index is 2.59. The molecule has 0 unspecified atom stereocenters. The zero-order valence-corrected chi connectivity index (χ0v) is 11.3. The molecular weight excluding hydrogens is 242 g/mol. The first-order chi connectivity index (χ1) is 9.13. The number of carbonyl (C=O) groups excluding carboxylic acids is 2. The molecule has 19 heavy (non-hydrogen) atoms. The second-order valence-electron chi connectivity index (χ2n) is 4.13. The molecule has 0 atom stereocenters. The third kappa shape index (κ3) is 5.86. The van der Waals surface area contributed by atoms with Crippen molar-refractivity contribution in [1.82, 2.24) is 5.32 Å². The van der Waals surface area contributed by atoms with E-state index in [1.165, 1.54) is 14.0 Å². The highest BCUT2D eigenvalue weighted by Crippen LogP contribution is 2.12. The molecule has 0 spiro atoms. The highest BCUT2D eigenvalue weighted by molar-refractivity contribution is 5.74. The summed E-state index contributed by atoms with van der Waals surface area (Å²) in [6.07, 6.45) is 4.96. The lowest BCUT2D eigenvalue weighted by Gasteiger charge is -2.04. The SMILES string of the molecule is COC(=O)Cc1ccccc1C=CCCNC(C)=O. The van der Waals surface area contributed by atoms with Crippen molar-refractivity contribution in [3.63, 3.8) is 0 Å². The second kappa shape index (κ2) is 8.08. The van der Waals surface area contributed by atoms with E-state index in [4.69, 9.17) is 0 Å². The molecule has 1 aromatic rings. The van der Waals surface area contributed by atoms with Crippen molar-refractivity contribution < 1.29 is 14.3 Å². The lowest BCUT2D eigenvalue weighted by molar-refractivity contribution is -0.139. The van der Waals surface area contributed by atoms with Crippen LogP contribution in [0.25, 0.3) is 6.08 Å². The van der Waals surface area contributed by atoms with Crippen LogP contribution in [0.15, 0.2) is 30.3 Å². The number of carbonyl (C=O) groups is 2. The maximum atomic E-state index is 11.3. The highest BCUT2D eigenvalue weighted by atomic mass is 16.5. The van der Waals surface area contributed by atoms with E-state index in [1.807, 2.05) is 36.4 Å². The first-order valence-corrected chi connectivity index (χ1v) is 6.19. The Hall–Kier alpha value is -2.10. The smallest absolute Gasteiger partial charge is 0.309 e. The first-order valence-electron chi connectivity index (χ1n) is 6.19. The summed E-state index contributed by atoms with van der Waals surface area (Å²) in [5.41, 5.74) is 1.93. The zero-order chi connectivity index (χ0) is 14.1. The van der Waals surface area contributed by atoms with Gasteiger partial charge in [-0.15, -0.1) is 0 Å². The monoisotopic (exact) mass is 261 g/mol. The summed E-state index contributed by atoms with van der Waals surface area (Å²) in [6, 6.07) is 7.68. The first kappa shape index (κ1) is 15.0. The number of hydrogen-bond acceptors (Lipinski definition) is 3. The second-order valence-corrected chi connectivity index (χ2v) is 4.13. The van der Waals surface area contributed by atoms with Crippen molar-refractivity contribution >= 4 is 18.0 Å². The third-order valence-electron chi connectivity index (χ3n) is 2.60. The van der Waals surface area contributed by atoms with Crippen molar-refractivity contribution in [2.45, 2.75) is 19.8 Å². The molecular formula is C15H19NO3. The molecule has 1 amide bonds. The van der Waals surface area contributed by atoms with Crippen molar-refractivity contribution in [2.75, 3.05) is 13.7 Å². The Labute approximate surface area is 113 Å². The fourth-order valence-corrected chi connectivity index (χ4v) is 1.63. The topological polar surface area (TPSA) is 55.4 Å². The van der Waals surface area contributed by atoms with Gasteiger partial charge in [-0.05, 0) is 17.5 Å². The molecule has 4 nitrogen and oxygen atoms in total. The predicted octanol–water partition coefficient (Wildman–Crippen LogP) is 1.94. The maximum absolute atomic E-state index is 11.3. The molecule has 0 aliphatic rings. The number of rotatable bonds is 6. The number of esters is 1. The Morgan fingerprint density at radius 1 is 1.32 bits per heavy atom. The van der Waals surface area contributed by atoms with Gasteiger partial charge in [0.2, 0.25) is 5.91 Å². The van der Waals surface area contributed by atoms with Gasteiger partial charge in [0.15, 0.2) is 0 Å². The van der Waals surface area contributed by atoms with Crippen LogP contribution in [0.2, 0.25) is 0 Å². The average molecular weight is 261 g/mol. The average Bonchev–Trinajstić information content (AvgIpc) is 2.39. The molecule has 0 aliphatic carbocycles. The van der Waals surface area contributed by atoms with E-state index in [0.717, 1.165) is 17.5 Å². The van der Waals surface area contributed by atoms with E-state index in [2.05, 4.69) is 10.1 Å². The summed E-state index contributed by atoms with van der Waals surface area (Å²) < 4.78 is 4.67. The summed E-state index contributed by atoms with van der Waals surface area (Å²) >= 11 is 0. The third-order valence-corrected chi connectivity index (χ3v) is 2.60. The molecule has 1 rings (SSSR count). The lowest BCUT2D eigenvalue weighted by Crippen LogP contribution is -2.20. The normalized spacial score (nSPS) is 10.4. The zero-order valence-electron chi connectivity index (χ0n) is 11.3. The predicted molar refractivity (Wildman–Crippen MR) is 74.5 cm³/mol. The van der Waals surface area contributed by atoms with E-state index >= 15 is 0 Å². The van der Waals surface area contributed by atoms with Gasteiger partial charge >= 0.3 is 5.97 Å². The van der Waals surface area contributed by atoms with Crippen LogP contribution in [0.1, 0.15) is 24.5 Å². The van der Waals surface area contributed by atoms with Crippen molar-refractivity contribution in [2.24, 2.45) is 0 Å². The Morgan fingerprint density at radius 3 is 2.74 bits per heavy atom. The summed E-state index contributed by atoms with van der Waals surface area (Å²) in [5.74, 6) is -0.279. The van der Waals surface area contributed by atoms with Gasteiger partial charge in [-0.2, -0.15) is 0 Å². The largest absolute Gasteiger partial charge is 0.469 e. The van der Waals surface area contributed by atoms with Gasteiger partial charge in [0, 0.05) is 13.5 Å².